The van der Waals surface area contributed by atoms with Gasteiger partial charge in [0.2, 0.25) is 11.8 Å². The van der Waals surface area contributed by atoms with E-state index in [2.05, 4.69) is 5.32 Å². The summed E-state index contributed by atoms with van der Waals surface area (Å²) in [6.45, 7) is 3.09. The number of halogens is 1. The maximum absolute atomic E-state index is 12.7. The third-order valence-electron chi connectivity index (χ3n) is 5.70. The van der Waals surface area contributed by atoms with Crippen LogP contribution in [0, 0.1) is 11.8 Å². The number of nitrogens with one attached hydrogen (secondary N) is 1. The van der Waals surface area contributed by atoms with Crippen LogP contribution in [-0.2, 0) is 25.5 Å². The molecule has 6 nitrogen and oxygen atoms in total. The van der Waals surface area contributed by atoms with Crippen molar-refractivity contribution >= 4 is 23.4 Å². The Morgan fingerprint density at radius 2 is 1.93 bits per heavy atom. The first-order valence-electron chi connectivity index (χ1n) is 9.65. The van der Waals surface area contributed by atoms with Crippen LogP contribution in [0.25, 0.3) is 0 Å². The minimum atomic E-state index is -0.475. The predicted molar refractivity (Wildman–Crippen MR) is 100 cm³/mol. The number of carbonyl (C=O) groups excluding carboxylic acids is 2. The van der Waals surface area contributed by atoms with E-state index in [1.165, 1.54) is 0 Å². The number of amides is 2. The maximum atomic E-state index is 12.7. The van der Waals surface area contributed by atoms with Crippen molar-refractivity contribution in [3.63, 3.8) is 0 Å². The van der Waals surface area contributed by atoms with E-state index in [4.69, 9.17) is 21.1 Å². The molecule has 0 aromatic heterocycles. The van der Waals surface area contributed by atoms with Gasteiger partial charge in [0.1, 0.15) is 0 Å². The number of carbonyl (C=O) groups is 2. The second kappa shape index (κ2) is 7.78. The Kier molecular flexibility index (Phi) is 5.39. The van der Waals surface area contributed by atoms with Gasteiger partial charge in [-0.15, -0.1) is 0 Å². The van der Waals surface area contributed by atoms with E-state index in [9.17, 15) is 9.59 Å². The molecule has 2 aliphatic heterocycles. The van der Waals surface area contributed by atoms with Gasteiger partial charge in [0.15, 0.2) is 5.79 Å². The highest BCUT2D eigenvalue weighted by Crippen LogP contribution is 2.41. The lowest BCUT2D eigenvalue weighted by Crippen LogP contribution is -2.48. The number of hydrogen-bond donors (Lipinski definition) is 1. The molecule has 4 rings (SSSR count). The molecule has 0 radical (unpaired) electrons. The van der Waals surface area contributed by atoms with Gasteiger partial charge in [0.25, 0.3) is 0 Å². The molecular weight excluding hydrogens is 368 g/mol. The average molecular weight is 393 g/mol. The standard InChI is InChI=1S/C20H25ClN2O4/c21-15-3-1-2-14(12-15)4-7-22-18(24)16-13-17(16)19(25)23-8-5-20(6-9-23)26-10-11-27-20/h1-3,12,16-17H,4-11,13H2,(H,22,24). The molecule has 1 saturated carbocycles. The van der Waals surface area contributed by atoms with Gasteiger partial charge in [-0.3, -0.25) is 9.59 Å². The zero-order valence-electron chi connectivity index (χ0n) is 15.3. The summed E-state index contributed by atoms with van der Waals surface area (Å²) >= 11 is 5.97. The number of rotatable bonds is 5. The summed E-state index contributed by atoms with van der Waals surface area (Å²) in [6, 6.07) is 7.62. The first-order valence-corrected chi connectivity index (χ1v) is 10.0. The van der Waals surface area contributed by atoms with Gasteiger partial charge in [0.05, 0.1) is 25.0 Å². The van der Waals surface area contributed by atoms with Crippen molar-refractivity contribution in [2.75, 3.05) is 32.8 Å². The molecule has 1 aromatic carbocycles. The molecule has 1 aromatic rings. The minimum absolute atomic E-state index is 0.0219. The number of nitrogens with zero attached hydrogens (tertiary/aromatic N) is 1. The van der Waals surface area contributed by atoms with E-state index in [1.54, 1.807) is 0 Å². The summed E-state index contributed by atoms with van der Waals surface area (Å²) in [5.74, 6) is -0.760. The summed E-state index contributed by atoms with van der Waals surface area (Å²) in [5, 5.41) is 3.64. The van der Waals surface area contributed by atoms with Crippen LogP contribution in [0.2, 0.25) is 5.02 Å². The van der Waals surface area contributed by atoms with Gasteiger partial charge in [-0.2, -0.15) is 0 Å². The van der Waals surface area contributed by atoms with Gasteiger partial charge in [-0.1, -0.05) is 23.7 Å². The summed E-state index contributed by atoms with van der Waals surface area (Å²) in [5.41, 5.74) is 1.09. The monoisotopic (exact) mass is 392 g/mol. The normalized spacial score (nSPS) is 26.2. The zero-order chi connectivity index (χ0) is 18.9. The Bertz CT molecular complexity index is 710. The highest BCUT2D eigenvalue weighted by Gasteiger charge is 2.51. The van der Waals surface area contributed by atoms with Crippen LogP contribution < -0.4 is 5.32 Å². The average Bonchev–Trinajstić information content (AvgIpc) is 3.35. The molecule has 7 heteroatoms. The molecule has 2 atom stereocenters. The second-order valence-corrected chi connectivity index (χ2v) is 7.99. The lowest BCUT2D eigenvalue weighted by Gasteiger charge is -2.37. The molecule has 2 amide bonds. The molecule has 2 unspecified atom stereocenters. The van der Waals surface area contributed by atoms with Crippen molar-refractivity contribution < 1.29 is 19.1 Å². The van der Waals surface area contributed by atoms with Crippen molar-refractivity contribution in [1.29, 1.82) is 0 Å². The smallest absolute Gasteiger partial charge is 0.226 e. The molecule has 1 N–H and O–H groups in total. The Labute approximate surface area is 164 Å². The van der Waals surface area contributed by atoms with E-state index in [0.717, 1.165) is 12.0 Å². The fourth-order valence-electron chi connectivity index (χ4n) is 4.00. The van der Waals surface area contributed by atoms with Gasteiger partial charge >= 0.3 is 0 Å². The highest BCUT2D eigenvalue weighted by atomic mass is 35.5. The quantitative estimate of drug-likeness (QED) is 0.832. The molecule has 1 aliphatic carbocycles. The van der Waals surface area contributed by atoms with Gasteiger partial charge in [-0.05, 0) is 30.5 Å². The van der Waals surface area contributed by atoms with Gasteiger partial charge in [-0.25, -0.2) is 0 Å². The number of hydrogen-bond acceptors (Lipinski definition) is 4. The fourth-order valence-corrected chi connectivity index (χ4v) is 4.21. The topological polar surface area (TPSA) is 67.9 Å². The van der Waals surface area contributed by atoms with Gasteiger partial charge < -0.3 is 19.7 Å². The summed E-state index contributed by atoms with van der Waals surface area (Å²) in [7, 11) is 0. The lowest BCUT2D eigenvalue weighted by molar-refractivity contribution is -0.187. The van der Waals surface area contributed by atoms with E-state index in [0.29, 0.717) is 57.1 Å². The highest BCUT2D eigenvalue weighted by molar-refractivity contribution is 6.30. The molecule has 2 heterocycles. The SMILES string of the molecule is O=C(NCCc1cccc(Cl)c1)C1CC1C(=O)N1CCC2(CC1)OCCO2. The molecule has 146 valence electrons. The fraction of sp³-hybridized carbons (Fsp3) is 0.600. The third-order valence-corrected chi connectivity index (χ3v) is 5.93. The second-order valence-electron chi connectivity index (χ2n) is 7.55. The van der Waals surface area contributed by atoms with Crippen LogP contribution in [0.3, 0.4) is 0 Å². The van der Waals surface area contributed by atoms with E-state index >= 15 is 0 Å². The summed E-state index contributed by atoms with van der Waals surface area (Å²) in [4.78, 5) is 26.8. The maximum Gasteiger partial charge on any atom is 0.226 e. The Morgan fingerprint density at radius 3 is 2.63 bits per heavy atom. The minimum Gasteiger partial charge on any atom is -0.356 e. The van der Waals surface area contributed by atoms with Crippen molar-refractivity contribution in [3.8, 4) is 0 Å². The predicted octanol–water partition coefficient (Wildman–Crippen LogP) is 2.00. The first kappa shape index (κ1) is 18.7. The van der Waals surface area contributed by atoms with Crippen LogP contribution in [0.5, 0.6) is 0 Å². The van der Waals surface area contributed by atoms with E-state index in [1.807, 2.05) is 29.2 Å². The largest absolute Gasteiger partial charge is 0.356 e. The molecule has 3 aliphatic rings. The number of likely N-dealkylation sites (tertiary alicyclic amines) is 1. The van der Waals surface area contributed by atoms with Crippen LogP contribution >= 0.6 is 11.6 Å². The summed E-state index contributed by atoms with van der Waals surface area (Å²) < 4.78 is 11.4. The molecule has 27 heavy (non-hydrogen) atoms. The first-order chi connectivity index (χ1) is 13.1. The Hall–Kier alpha value is -1.63. The Balaban J connectivity index is 1.19. The van der Waals surface area contributed by atoms with E-state index in [-0.39, 0.29) is 23.7 Å². The zero-order valence-corrected chi connectivity index (χ0v) is 16.0. The summed E-state index contributed by atoms with van der Waals surface area (Å²) in [6.07, 6.45) is 2.80. The lowest BCUT2D eigenvalue weighted by atomic mass is 10.0. The molecular formula is C20H25ClN2O4. The van der Waals surface area contributed by atoms with Crippen LogP contribution in [0.15, 0.2) is 24.3 Å². The number of ether oxygens (including phenoxy) is 2. The number of piperidine rings is 1. The van der Waals surface area contributed by atoms with Crippen LogP contribution in [-0.4, -0.2) is 55.3 Å². The molecule has 3 fully saturated rings. The van der Waals surface area contributed by atoms with Crippen molar-refractivity contribution in [2.24, 2.45) is 11.8 Å². The molecule has 0 bridgehead atoms. The third kappa shape index (κ3) is 4.28. The molecule has 2 saturated heterocycles. The molecule has 1 spiro atoms. The van der Waals surface area contributed by atoms with Crippen LogP contribution in [0.1, 0.15) is 24.8 Å². The van der Waals surface area contributed by atoms with Crippen LogP contribution in [0.4, 0.5) is 0 Å². The van der Waals surface area contributed by atoms with E-state index < -0.39 is 5.79 Å². The van der Waals surface area contributed by atoms with Crippen molar-refractivity contribution in [2.45, 2.75) is 31.5 Å². The van der Waals surface area contributed by atoms with Crippen molar-refractivity contribution in [1.82, 2.24) is 10.2 Å². The van der Waals surface area contributed by atoms with Gasteiger partial charge in [0, 0.05) is 37.5 Å². The Morgan fingerprint density at radius 1 is 1.19 bits per heavy atom. The van der Waals surface area contributed by atoms with Crippen molar-refractivity contribution in [3.05, 3.63) is 34.9 Å². The number of benzene rings is 1.